The van der Waals surface area contributed by atoms with Crippen LogP contribution in [0.5, 0.6) is 0 Å². The number of aromatic nitrogens is 1. The molecule has 1 aromatic carbocycles. The van der Waals surface area contributed by atoms with Gasteiger partial charge in [-0.15, -0.1) is 11.8 Å². The zero-order valence-electron chi connectivity index (χ0n) is 12.0. The van der Waals surface area contributed by atoms with Gasteiger partial charge in [0.2, 0.25) is 0 Å². The molecule has 3 nitrogen and oxygen atoms in total. The first-order valence-electron chi connectivity index (χ1n) is 6.90. The van der Waals surface area contributed by atoms with Gasteiger partial charge in [-0.25, -0.2) is 0 Å². The molecule has 0 saturated carbocycles. The molecule has 0 spiro atoms. The third kappa shape index (κ3) is 4.44. The highest BCUT2D eigenvalue weighted by Gasteiger charge is 2.10. The number of benzene rings is 1. The molecule has 0 unspecified atom stereocenters. The molecule has 21 heavy (non-hydrogen) atoms. The predicted molar refractivity (Wildman–Crippen MR) is 95.2 cm³/mol. The minimum atomic E-state index is 0.443. The number of thioether (sulfide) groups is 1. The Balaban J connectivity index is 2.08. The Labute approximate surface area is 135 Å². The van der Waals surface area contributed by atoms with E-state index in [0.717, 1.165) is 34.9 Å². The first-order chi connectivity index (χ1) is 10.2. The first-order valence-corrected chi connectivity index (χ1v) is 8.30. The van der Waals surface area contributed by atoms with Crippen molar-refractivity contribution in [2.75, 3.05) is 17.6 Å². The van der Waals surface area contributed by atoms with Crippen molar-refractivity contribution in [1.82, 2.24) is 4.98 Å². The molecule has 0 fully saturated rings. The fourth-order valence-corrected chi connectivity index (χ4v) is 3.23. The van der Waals surface area contributed by atoms with Gasteiger partial charge in [-0.2, -0.15) is 0 Å². The summed E-state index contributed by atoms with van der Waals surface area (Å²) in [5.74, 6) is 0.996. The summed E-state index contributed by atoms with van der Waals surface area (Å²) in [6, 6.07) is 10.2. The summed E-state index contributed by atoms with van der Waals surface area (Å²) in [5.41, 5.74) is 9.12. The molecule has 0 amide bonds. The van der Waals surface area contributed by atoms with E-state index in [-0.39, 0.29) is 0 Å². The van der Waals surface area contributed by atoms with Crippen LogP contribution < -0.4 is 11.1 Å². The van der Waals surface area contributed by atoms with Crippen LogP contribution >= 0.6 is 24.0 Å². The lowest BCUT2D eigenvalue weighted by atomic mass is 10.1. The van der Waals surface area contributed by atoms with Crippen molar-refractivity contribution < 1.29 is 0 Å². The Bertz CT molecular complexity index is 600. The minimum Gasteiger partial charge on any atom is -0.389 e. The number of nitrogens with two attached hydrogens (primary N) is 1. The Morgan fingerprint density at radius 3 is 2.71 bits per heavy atom. The van der Waals surface area contributed by atoms with Gasteiger partial charge in [0.1, 0.15) is 4.99 Å². The van der Waals surface area contributed by atoms with Gasteiger partial charge in [-0.1, -0.05) is 25.2 Å². The summed E-state index contributed by atoms with van der Waals surface area (Å²) in [6.07, 6.45) is 4.56. The summed E-state index contributed by atoms with van der Waals surface area (Å²) in [7, 11) is 0. The van der Waals surface area contributed by atoms with E-state index in [4.69, 9.17) is 18.0 Å². The van der Waals surface area contributed by atoms with Crippen LogP contribution in [0, 0.1) is 0 Å². The summed E-state index contributed by atoms with van der Waals surface area (Å²) in [5, 5.41) is 3.44. The molecule has 1 heterocycles. The lowest BCUT2D eigenvalue weighted by Gasteiger charge is -2.14. The summed E-state index contributed by atoms with van der Waals surface area (Å²) in [6.45, 7) is 2.96. The van der Waals surface area contributed by atoms with Gasteiger partial charge in [0.05, 0.1) is 0 Å². The maximum Gasteiger partial charge on any atom is 0.107 e. The standard InChI is InChI=1S/C16H19N3S2/c1-2-21-14-5-3-4-13(15(14)16(17)20)19-11-8-12-6-9-18-10-7-12/h3-7,9-10,19H,2,8,11H2,1H3,(H2,17,20). The molecule has 110 valence electrons. The fraction of sp³-hybridized carbons (Fsp3) is 0.250. The highest BCUT2D eigenvalue weighted by Crippen LogP contribution is 2.28. The molecule has 0 aliphatic heterocycles. The van der Waals surface area contributed by atoms with Crippen molar-refractivity contribution in [1.29, 1.82) is 0 Å². The number of thiocarbonyl (C=S) groups is 1. The molecule has 0 atom stereocenters. The van der Waals surface area contributed by atoms with Crippen LogP contribution in [0.15, 0.2) is 47.6 Å². The molecule has 5 heteroatoms. The molecule has 3 N–H and O–H groups in total. The van der Waals surface area contributed by atoms with E-state index in [2.05, 4.69) is 23.3 Å². The van der Waals surface area contributed by atoms with E-state index in [9.17, 15) is 0 Å². The van der Waals surface area contributed by atoms with Gasteiger partial charge in [-0.3, -0.25) is 4.98 Å². The number of rotatable bonds is 7. The highest BCUT2D eigenvalue weighted by atomic mass is 32.2. The summed E-state index contributed by atoms with van der Waals surface area (Å²) in [4.78, 5) is 5.60. The Morgan fingerprint density at radius 1 is 1.29 bits per heavy atom. The monoisotopic (exact) mass is 317 g/mol. The second kappa shape index (κ2) is 8.00. The second-order valence-electron chi connectivity index (χ2n) is 4.51. The average Bonchev–Trinajstić information content (AvgIpc) is 2.48. The zero-order chi connectivity index (χ0) is 15.1. The van der Waals surface area contributed by atoms with E-state index in [1.54, 1.807) is 11.8 Å². The summed E-state index contributed by atoms with van der Waals surface area (Å²) >= 11 is 6.97. The molecule has 2 aromatic rings. The molecule has 0 aliphatic carbocycles. The van der Waals surface area contributed by atoms with Gasteiger partial charge >= 0.3 is 0 Å². The molecular weight excluding hydrogens is 298 g/mol. The maximum atomic E-state index is 5.90. The van der Waals surface area contributed by atoms with E-state index >= 15 is 0 Å². The second-order valence-corrected chi connectivity index (χ2v) is 6.25. The third-order valence-corrected chi connectivity index (χ3v) is 4.19. The Kier molecular flexibility index (Phi) is 6.02. The van der Waals surface area contributed by atoms with Crippen LogP contribution in [0.4, 0.5) is 5.69 Å². The van der Waals surface area contributed by atoms with Crippen molar-refractivity contribution >= 4 is 34.7 Å². The van der Waals surface area contributed by atoms with Gasteiger partial charge in [0.25, 0.3) is 0 Å². The number of nitrogens with one attached hydrogen (secondary N) is 1. The van der Waals surface area contributed by atoms with E-state index in [1.807, 2.05) is 36.7 Å². The summed E-state index contributed by atoms with van der Waals surface area (Å²) < 4.78 is 0. The number of pyridine rings is 1. The van der Waals surface area contributed by atoms with Crippen molar-refractivity contribution in [3.8, 4) is 0 Å². The quantitative estimate of drug-likeness (QED) is 0.605. The number of hydrogen-bond acceptors (Lipinski definition) is 4. The maximum absolute atomic E-state index is 5.90. The average molecular weight is 317 g/mol. The lowest BCUT2D eigenvalue weighted by Crippen LogP contribution is -2.15. The van der Waals surface area contributed by atoms with Gasteiger partial charge in [0, 0.05) is 35.1 Å². The zero-order valence-corrected chi connectivity index (χ0v) is 13.6. The van der Waals surface area contributed by atoms with E-state index < -0.39 is 0 Å². The Hall–Kier alpha value is -1.59. The lowest BCUT2D eigenvalue weighted by molar-refractivity contribution is 1.01. The molecule has 1 aromatic heterocycles. The SMILES string of the molecule is CCSc1cccc(NCCc2ccncc2)c1C(N)=S. The number of hydrogen-bond donors (Lipinski definition) is 2. The number of anilines is 1. The minimum absolute atomic E-state index is 0.443. The van der Waals surface area contributed by atoms with Crippen LogP contribution in [-0.2, 0) is 6.42 Å². The molecule has 0 radical (unpaired) electrons. The Morgan fingerprint density at radius 2 is 2.05 bits per heavy atom. The topological polar surface area (TPSA) is 50.9 Å². The van der Waals surface area contributed by atoms with Crippen LogP contribution in [-0.4, -0.2) is 22.3 Å². The molecule has 0 saturated heterocycles. The van der Waals surface area contributed by atoms with Crippen molar-refractivity contribution in [3.05, 3.63) is 53.9 Å². The van der Waals surface area contributed by atoms with Crippen LogP contribution in [0.3, 0.4) is 0 Å². The molecule has 0 aliphatic rings. The first kappa shape index (κ1) is 15.8. The van der Waals surface area contributed by atoms with Crippen molar-refractivity contribution in [2.24, 2.45) is 5.73 Å². The van der Waals surface area contributed by atoms with Gasteiger partial charge in [0.15, 0.2) is 0 Å². The van der Waals surface area contributed by atoms with Crippen LogP contribution in [0.1, 0.15) is 18.1 Å². The van der Waals surface area contributed by atoms with Crippen molar-refractivity contribution in [3.63, 3.8) is 0 Å². The van der Waals surface area contributed by atoms with Gasteiger partial charge in [-0.05, 0) is 42.0 Å². The highest BCUT2D eigenvalue weighted by molar-refractivity contribution is 7.99. The predicted octanol–water partition coefficient (Wildman–Crippen LogP) is 3.48. The normalized spacial score (nSPS) is 10.3. The largest absolute Gasteiger partial charge is 0.389 e. The third-order valence-electron chi connectivity index (χ3n) is 3.05. The smallest absolute Gasteiger partial charge is 0.107 e. The fourth-order valence-electron chi connectivity index (χ4n) is 2.10. The van der Waals surface area contributed by atoms with E-state index in [0.29, 0.717) is 4.99 Å². The van der Waals surface area contributed by atoms with Crippen LogP contribution in [0.2, 0.25) is 0 Å². The van der Waals surface area contributed by atoms with E-state index in [1.165, 1.54) is 5.56 Å². The molecule has 0 bridgehead atoms. The molecular formula is C16H19N3S2. The number of nitrogens with zero attached hydrogens (tertiary/aromatic N) is 1. The van der Waals surface area contributed by atoms with Crippen LogP contribution in [0.25, 0.3) is 0 Å². The molecule has 2 rings (SSSR count). The van der Waals surface area contributed by atoms with Crippen molar-refractivity contribution in [2.45, 2.75) is 18.2 Å². The van der Waals surface area contributed by atoms with Gasteiger partial charge < -0.3 is 11.1 Å².